The molecule has 1 aromatic rings. The molecule has 1 aliphatic rings. The van der Waals surface area contributed by atoms with Gasteiger partial charge in [-0.3, -0.25) is 4.90 Å². The molecule has 3 heteroatoms. The van der Waals surface area contributed by atoms with Gasteiger partial charge < -0.3 is 10.5 Å². The summed E-state index contributed by atoms with van der Waals surface area (Å²) in [5.41, 5.74) is 8.21. The topological polar surface area (TPSA) is 38.5 Å². The van der Waals surface area contributed by atoms with E-state index in [4.69, 9.17) is 10.5 Å². The lowest BCUT2D eigenvalue weighted by molar-refractivity contribution is -0.0704. The number of nitrogens with zero attached hydrogens (tertiary/aromatic N) is 1. The number of ether oxygens (including phenoxy) is 1. The number of hydrogen-bond donors (Lipinski definition) is 1. The summed E-state index contributed by atoms with van der Waals surface area (Å²) in [7, 11) is 0. The van der Waals surface area contributed by atoms with E-state index in [1.807, 2.05) is 0 Å². The Bertz CT molecular complexity index is 357. The van der Waals surface area contributed by atoms with Crippen LogP contribution in [0.5, 0.6) is 0 Å². The Morgan fingerprint density at radius 1 is 1.24 bits per heavy atom. The summed E-state index contributed by atoms with van der Waals surface area (Å²) in [4.78, 5) is 2.45. The normalized spacial score (nSPS) is 26.1. The largest absolute Gasteiger partial charge is 0.373 e. The van der Waals surface area contributed by atoms with Crippen LogP contribution in [0.15, 0.2) is 24.3 Å². The van der Waals surface area contributed by atoms with Crippen LogP contribution in [-0.4, -0.2) is 30.2 Å². The van der Waals surface area contributed by atoms with Crippen molar-refractivity contribution >= 4 is 0 Å². The zero-order valence-corrected chi connectivity index (χ0v) is 10.7. The first-order valence-electron chi connectivity index (χ1n) is 6.33. The molecule has 2 atom stereocenters. The molecule has 0 aliphatic carbocycles. The van der Waals surface area contributed by atoms with Crippen molar-refractivity contribution in [3.8, 4) is 0 Å². The summed E-state index contributed by atoms with van der Waals surface area (Å²) >= 11 is 0. The summed E-state index contributed by atoms with van der Waals surface area (Å²) in [6.07, 6.45) is 0.660. The van der Waals surface area contributed by atoms with Crippen LogP contribution in [0.3, 0.4) is 0 Å². The lowest BCUT2D eigenvalue weighted by Gasteiger charge is -2.35. The number of morpholine rings is 1. The highest BCUT2D eigenvalue weighted by Crippen LogP contribution is 2.14. The van der Waals surface area contributed by atoms with Crippen molar-refractivity contribution in [2.24, 2.45) is 5.73 Å². The van der Waals surface area contributed by atoms with Gasteiger partial charge in [0.15, 0.2) is 0 Å². The van der Waals surface area contributed by atoms with Gasteiger partial charge in [0.05, 0.1) is 12.2 Å². The van der Waals surface area contributed by atoms with Gasteiger partial charge in [-0.1, -0.05) is 24.3 Å². The summed E-state index contributed by atoms with van der Waals surface area (Å²) in [6.45, 7) is 7.90. The second-order valence-electron chi connectivity index (χ2n) is 4.98. The van der Waals surface area contributed by atoms with Crippen LogP contribution in [0.1, 0.15) is 25.0 Å². The third kappa shape index (κ3) is 3.53. The molecule has 0 radical (unpaired) electrons. The van der Waals surface area contributed by atoms with E-state index < -0.39 is 0 Å². The number of nitrogens with two attached hydrogens (primary N) is 1. The molecule has 0 aromatic heterocycles. The Balaban J connectivity index is 1.99. The lowest BCUT2D eigenvalue weighted by Crippen LogP contribution is -2.44. The van der Waals surface area contributed by atoms with Crippen molar-refractivity contribution in [1.82, 2.24) is 4.90 Å². The maximum Gasteiger partial charge on any atom is 0.0678 e. The van der Waals surface area contributed by atoms with E-state index >= 15 is 0 Å². The van der Waals surface area contributed by atoms with Crippen molar-refractivity contribution < 1.29 is 4.74 Å². The molecule has 0 saturated carbocycles. The molecule has 0 unspecified atom stereocenters. The predicted molar refractivity (Wildman–Crippen MR) is 69.6 cm³/mol. The van der Waals surface area contributed by atoms with Gasteiger partial charge in [-0.15, -0.1) is 0 Å². The molecule has 1 aromatic carbocycles. The quantitative estimate of drug-likeness (QED) is 0.866. The molecule has 1 aliphatic heterocycles. The fraction of sp³-hybridized carbons (Fsp3) is 0.571. The minimum atomic E-state index is 0.330. The van der Waals surface area contributed by atoms with Crippen molar-refractivity contribution in [3.63, 3.8) is 0 Å². The monoisotopic (exact) mass is 234 g/mol. The summed E-state index contributed by atoms with van der Waals surface area (Å²) in [5.74, 6) is 0. The lowest BCUT2D eigenvalue weighted by atomic mass is 10.1. The van der Waals surface area contributed by atoms with E-state index in [-0.39, 0.29) is 0 Å². The Morgan fingerprint density at radius 3 is 2.53 bits per heavy atom. The van der Waals surface area contributed by atoms with E-state index in [2.05, 4.69) is 43.0 Å². The maximum absolute atomic E-state index is 5.74. The zero-order valence-electron chi connectivity index (χ0n) is 10.7. The van der Waals surface area contributed by atoms with Gasteiger partial charge in [-0.25, -0.2) is 0 Å². The van der Waals surface area contributed by atoms with Crippen molar-refractivity contribution in [3.05, 3.63) is 35.4 Å². The van der Waals surface area contributed by atoms with E-state index in [0.29, 0.717) is 18.8 Å². The third-order valence-corrected chi connectivity index (χ3v) is 3.13. The van der Waals surface area contributed by atoms with Gasteiger partial charge in [0.1, 0.15) is 0 Å². The molecule has 0 spiro atoms. The van der Waals surface area contributed by atoms with Crippen LogP contribution in [0.25, 0.3) is 0 Å². The van der Waals surface area contributed by atoms with E-state index in [1.165, 1.54) is 11.1 Å². The molecule has 94 valence electrons. The first-order valence-corrected chi connectivity index (χ1v) is 6.33. The zero-order chi connectivity index (χ0) is 12.3. The highest BCUT2D eigenvalue weighted by Gasteiger charge is 2.21. The standard InChI is InChI=1S/C14H22N2O/c1-11-8-16(9-12(2)17-11)10-14-5-3-4-13(6-14)7-15/h3-6,11-12H,7-10,15H2,1-2H3/t11-,12-/m1/s1. The second-order valence-corrected chi connectivity index (χ2v) is 4.98. The Kier molecular flexibility index (Phi) is 4.15. The molecule has 1 heterocycles. The van der Waals surface area contributed by atoms with Gasteiger partial charge in [0, 0.05) is 26.2 Å². The van der Waals surface area contributed by atoms with Crippen LogP contribution in [0, 0.1) is 0 Å². The number of benzene rings is 1. The van der Waals surface area contributed by atoms with Gasteiger partial charge in [0.2, 0.25) is 0 Å². The van der Waals surface area contributed by atoms with Crippen molar-refractivity contribution in [2.75, 3.05) is 13.1 Å². The van der Waals surface area contributed by atoms with Gasteiger partial charge in [-0.2, -0.15) is 0 Å². The Morgan fingerprint density at radius 2 is 1.88 bits per heavy atom. The molecule has 1 saturated heterocycles. The van der Waals surface area contributed by atoms with E-state index in [9.17, 15) is 0 Å². The average molecular weight is 234 g/mol. The Labute approximate surface area is 104 Å². The smallest absolute Gasteiger partial charge is 0.0678 e. The van der Waals surface area contributed by atoms with Crippen LogP contribution in [0.2, 0.25) is 0 Å². The molecular weight excluding hydrogens is 212 g/mol. The fourth-order valence-electron chi connectivity index (χ4n) is 2.53. The first-order chi connectivity index (χ1) is 8.17. The molecule has 17 heavy (non-hydrogen) atoms. The number of rotatable bonds is 3. The number of hydrogen-bond acceptors (Lipinski definition) is 3. The van der Waals surface area contributed by atoms with Gasteiger partial charge >= 0.3 is 0 Å². The minimum Gasteiger partial charge on any atom is -0.373 e. The summed E-state index contributed by atoms with van der Waals surface area (Å²) in [5, 5.41) is 0. The minimum absolute atomic E-state index is 0.330. The highest BCUT2D eigenvalue weighted by molar-refractivity contribution is 5.23. The molecule has 0 bridgehead atoms. The fourth-order valence-corrected chi connectivity index (χ4v) is 2.53. The molecule has 1 fully saturated rings. The maximum atomic E-state index is 5.74. The summed E-state index contributed by atoms with van der Waals surface area (Å²) in [6, 6.07) is 8.54. The molecule has 2 N–H and O–H groups in total. The van der Waals surface area contributed by atoms with E-state index in [1.54, 1.807) is 0 Å². The molecule has 3 nitrogen and oxygen atoms in total. The van der Waals surface area contributed by atoms with Gasteiger partial charge in [-0.05, 0) is 25.0 Å². The Hall–Kier alpha value is -0.900. The second kappa shape index (κ2) is 5.63. The molecular formula is C14H22N2O. The molecule has 2 rings (SSSR count). The molecule has 0 amide bonds. The van der Waals surface area contributed by atoms with Gasteiger partial charge in [0.25, 0.3) is 0 Å². The van der Waals surface area contributed by atoms with Crippen LogP contribution in [-0.2, 0) is 17.8 Å². The SMILES string of the molecule is C[C@@H]1CN(Cc2cccc(CN)c2)C[C@@H](C)O1. The van der Waals surface area contributed by atoms with E-state index in [0.717, 1.165) is 19.6 Å². The average Bonchev–Trinajstić information content (AvgIpc) is 2.28. The van der Waals surface area contributed by atoms with Crippen molar-refractivity contribution in [2.45, 2.75) is 39.1 Å². The van der Waals surface area contributed by atoms with Crippen LogP contribution >= 0.6 is 0 Å². The first kappa shape index (κ1) is 12.6. The summed E-state index contributed by atoms with van der Waals surface area (Å²) < 4.78 is 5.74. The predicted octanol–water partition coefficient (Wildman–Crippen LogP) is 1.75. The van der Waals surface area contributed by atoms with Crippen molar-refractivity contribution in [1.29, 1.82) is 0 Å². The third-order valence-electron chi connectivity index (χ3n) is 3.13. The van der Waals surface area contributed by atoms with Crippen LogP contribution in [0.4, 0.5) is 0 Å². The van der Waals surface area contributed by atoms with Crippen LogP contribution < -0.4 is 5.73 Å². The highest BCUT2D eigenvalue weighted by atomic mass is 16.5.